The summed E-state index contributed by atoms with van der Waals surface area (Å²) in [4.78, 5) is 72.9. The van der Waals surface area contributed by atoms with Crippen molar-refractivity contribution >= 4 is 39.5 Å². The third-order valence-corrected chi connectivity index (χ3v) is 18.0. The summed E-state index contributed by atoms with van der Waals surface area (Å²) in [7, 11) is -9.99. The molecule has 0 aliphatic heterocycles. The number of allylic oxidation sites excluding steroid dienone is 22. The van der Waals surface area contributed by atoms with Crippen LogP contribution in [0.4, 0.5) is 0 Å². The standard InChI is InChI=1S/C83H140O17P2/c1-5-9-13-17-21-25-29-33-37-38-42-44-48-52-56-60-64-68-81(86)94-74-79(100-83(88)70-66-62-58-54-50-46-41-36-32-28-24-20-16-12-8-4)76-98-102(91,92)96-72-77(84)71-95-101(89,90)97-75-78(99-82(87)69-65-61-57-53-49-45-40-35-31-27-23-19-15-11-7-3)73-93-80(85)67-63-59-55-51-47-43-39-34-30-26-22-18-14-10-6-2/h9,12-13,16,21,24-25,28,33-37,39-42,44,50,52,54,56,77-79,84H,5-8,10-11,14-15,17-20,22-23,26-27,29-32,38,43,45-49,51,53,55,57-76H2,1-4H3,(H,89,90)(H,91,92)/b13-9-,16-12-,25-21-,28-24-,37-33-,39-34-,40-35-,41-36-,44-42-,54-50-,56-52-. The molecule has 0 aliphatic carbocycles. The maximum Gasteiger partial charge on any atom is 0.472 e. The Bertz CT molecular complexity index is 2460. The molecule has 3 N–H and O–H groups in total. The van der Waals surface area contributed by atoms with E-state index in [1.54, 1.807) is 0 Å². The summed E-state index contributed by atoms with van der Waals surface area (Å²) in [6, 6.07) is 0. The molecule has 17 nitrogen and oxygen atoms in total. The molecule has 0 aliphatic rings. The second-order valence-electron chi connectivity index (χ2n) is 25.9. The Labute approximate surface area is 618 Å². The summed E-state index contributed by atoms with van der Waals surface area (Å²) in [6.45, 7) is 4.51. The number of aliphatic hydroxyl groups is 1. The maximum absolute atomic E-state index is 13.1. The molecule has 0 saturated heterocycles. The van der Waals surface area contributed by atoms with Crippen molar-refractivity contribution in [1.29, 1.82) is 0 Å². The normalized spacial score (nSPS) is 14.6. The van der Waals surface area contributed by atoms with Crippen LogP contribution in [0.3, 0.4) is 0 Å². The predicted molar refractivity (Wildman–Crippen MR) is 418 cm³/mol. The van der Waals surface area contributed by atoms with Crippen molar-refractivity contribution in [1.82, 2.24) is 0 Å². The molecule has 0 radical (unpaired) electrons. The number of phosphoric acid groups is 2. The molecule has 0 spiro atoms. The molecule has 584 valence electrons. The highest BCUT2D eigenvalue weighted by Crippen LogP contribution is 2.45. The third-order valence-electron chi connectivity index (χ3n) is 16.1. The minimum atomic E-state index is -5.00. The molecule has 0 aromatic rings. The van der Waals surface area contributed by atoms with Gasteiger partial charge >= 0.3 is 39.5 Å². The molecule has 0 aromatic carbocycles. The molecule has 0 heterocycles. The van der Waals surface area contributed by atoms with Crippen molar-refractivity contribution in [2.75, 3.05) is 39.6 Å². The molecule has 0 aromatic heterocycles. The molecule has 0 saturated carbocycles. The smallest absolute Gasteiger partial charge is 0.462 e. The highest BCUT2D eigenvalue weighted by Gasteiger charge is 2.30. The lowest BCUT2D eigenvalue weighted by atomic mass is 10.1. The van der Waals surface area contributed by atoms with E-state index in [4.69, 9.17) is 37.0 Å². The van der Waals surface area contributed by atoms with Crippen LogP contribution in [0.25, 0.3) is 0 Å². The second kappa shape index (κ2) is 74.5. The number of esters is 4. The monoisotopic (exact) mass is 1470 g/mol. The number of unbranched alkanes of at least 4 members (excludes halogenated alkanes) is 25. The summed E-state index contributed by atoms with van der Waals surface area (Å²) < 4.78 is 68.5. The first-order chi connectivity index (χ1) is 49.7. The predicted octanol–water partition coefficient (Wildman–Crippen LogP) is 22.9. The Balaban J connectivity index is 5.46. The number of aliphatic hydroxyl groups excluding tert-OH is 1. The summed E-state index contributed by atoms with van der Waals surface area (Å²) in [5.74, 6) is -2.31. The first-order valence-corrected chi connectivity index (χ1v) is 42.4. The van der Waals surface area contributed by atoms with Crippen LogP contribution in [0.5, 0.6) is 0 Å². The van der Waals surface area contributed by atoms with E-state index in [0.717, 1.165) is 141 Å². The number of carbonyl (C=O) groups is 4. The Kier molecular flexibility index (Phi) is 71.0. The van der Waals surface area contributed by atoms with Gasteiger partial charge in [-0.05, 0) is 154 Å². The fourth-order valence-corrected chi connectivity index (χ4v) is 11.7. The van der Waals surface area contributed by atoms with Crippen LogP contribution in [0.15, 0.2) is 134 Å². The largest absolute Gasteiger partial charge is 0.472 e. The zero-order chi connectivity index (χ0) is 74.6. The van der Waals surface area contributed by atoms with Gasteiger partial charge in [0.2, 0.25) is 0 Å². The third kappa shape index (κ3) is 73.5. The van der Waals surface area contributed by atoms with Crippen LogP contribution in [-0.2, 0) is 65.4 Å². The molecular weight excluding hydrogens is 1330 g/mol. The quantitative estimate of drug-likeness (QED) is 0.0169. The Morgan fingerprint density at radius 3 is 0.853 bits per heavy atom. The van der Waals surface area contributed by atoms with Crippen molar-refractivity contribution in [2.45, 2.75) is 329 Å². The number of phosphoric ester groups is 2. The molecule has 0 amide bonds. The molecule has 0 fully saturated rings. The molecule has 0 bridgehead atoms. The van der Waals surface area contributed by atoms with Crippen LogP contribution >= 0.6 is 15.6 Å². The number of hydrogen-bond acceptors (Lipinski definition) is 15. The van der Waals surface area contributed by atoms with Gasteiger partial charge in [0.1, 0.15) is 19.3 Å². The van der Waals surface area contributed by atoms with Gasteiger partial charge in [0, 0.05) is 25.7 Å². The van der Waals surface area contributed by atoms with Crippen molar-refractivity contribution in [3.05, 3.63) is 134 Å². The Hall–Kier alpha value is -4.80. The van der Waals surface area contributed by atoms with Gasteiger partial charge in [-0.1, -0.05) is 264 Å². The molecule has 0 rings (SSSR count). The first-order valence-electron chi connectivity index (χ1n) is 39.4. The lowest BCUT2D eigenvalue weighted by Gasteiger charge is -2.21. The van der Waals surface area contributed by atoms with Crippen LogP contribution in [0.1, 0.15) is 310 Å². The molecule has 5 atom stereocenters. The Morgan fingerprint density at radius 1 is 0.284 bits per heavy atom. The lowest BCUT2D eigenvalue weighted by Crippen LogP contribution is -2.30. The van der Waals surface area contributed by atoms with Crippen molar-refractivity contribution in [3.8, 4) is 0 Å². The van der Waals surface area contributed by atoms with Gasteiger partial charge in [-0.2, -0.15) is 0 Å². The highest BCUT2D eigenvalue weighted by atomic mass is 31.2. The van der Waals surface area contributed by atoms with Gasteiger partial charge in [-0.15, -0.1) is 0 Å². The Morgan fingerprint density at radius 2 is 0.520 bits per heavy atom. The summed E-state index contributed by atoms with van der Waals surface area (Å²) in [5.41, 5.74) is 0. The average molecular weight is 1470 g/mol. The number of carbonyl (C=O) groups excluding carboxylic acids is 4. The molecule has 102 heavy (non-hydrogen) atoms. The summed E-state index contributed by atoms with van der Waals surface area (Å²) in [5, 5.41) is 10.6. The zero-order valence-corrected chi connectivity index (χ0v) is 65.5. The van der Waals surface area contributed by atoms with Gasteiger partial charge in [0.25, 0.3) is 0 Å². The molecule has 5 unspecified atom stereocenters. The number of ether oxygens (including phenoxy) is 4. The van der Waals surface area contributed by atoms with E-state index in [-0.39, 0.29) is 25.7 Å². The second-order valence-corrected chi connectivity index (χ2v) is 28.8. The average Bonchev–Trinajstić information content (AvgIpc) is 0.923. The topological polar surface area (TPSA) is 237 Å². The molecule has 19 heteroatoms. The van der Waals surface area contributed by atoms with E-state index in [1.165, 1.54) is 77.0 Å². The van der Waals surface area contributed by atoms with Gasteiger partial charge in [0.05, 0.1) is 26.4 Å². The minimum absolute atomic E-state index is 0.0266. The molecular formula is C83H140O17P2. The van der Waals surface area contributed by atoms with E-state index >= 15 is 0 Å². The fourth-order valence-electron chi connectivity index (χ4n) is 10.1. The number of hydrogen-bond donors (Lipinski definition) is 3. The highest BCUT2D eigenvalue weighted by molar-refractivity contribution is 7.47. The van der Waals surface area contributed by atoms with Crippen molar-refractivity contribution in [2.24, 2.45) is 0 Å². The summed E-state index contributed by atoms with van der Waals surface area (Å²) in [6.07, 6.45) is 83.0. The van der Waals surface area contributed by atoms with E-state index in [1.807, 2.05) is 12.2 Å². The van der Waals surface area contributed by atoms with Crippen molar-refractivity contribution < 1.29 is 80.2 Å². The van der Waals surface area contributed by atoms with Gasteiger partial charge in [-0.3, -0.25) is 37.3 Å². The van der Waals surface area contributed by atoms with Crippen molar-refractivity contribution in [3.63, 3.8) is 0 Å². The zero-order valence-electron chi connectivity index (χ0n) is 63.7. The van der Waals surface area contributed by atoms with E-state index < -0.39 is 97.5 Å². The van der Waals surface area contributed by atoms with E-state index in [2.05, 4.69) is 149 Å². The maximum atomic E-state index is 13.1. The van der Waals surface area contributed by atoms with Crippen LogP contribution in [0, 0.1) is 0 Å². The van der Waals surface area contributed by atoms with Crippen LogP contribution in [0.2, 0.25) is 0 Å². The SMILES string of the molecule is CC/C=C\C/C=C\C/C=C\C/C=C\C/C=C\CCCC(=O)OCC(COP(=O)(O)OCC(O)COP(=O)(O)OCC(COC(=O)CCCCCCC/C=C\CCCCCCCC)OC(=O)CCCCCCC/C=C\CCCCCCCC)OC(=O)CCCC/C=C\C/C=C\C/C=C\C/C=C\CC. The first kappa shape index (κ1) is 97.2. The summed E-state index contributed by atoms with van der Waals surface area (Å²) >= 11 is 0. The van der Waals surface area contributed by atoms with Gasteiger partial charge in [0.15, 0.2) is 12.2 Å². The van der Waals surface area contributed by atoms with Gasteiger partial charge in [-0.25, -0.2) is 9.13 Å². The van der Waals surface area contributed by atoms with Crippen LogP contribution in [-0.4, -0.2) is 96.7 Å². The minimum Gasteiger partial charge on any atom is -0.462 e. The van der Waals surface area contributed by atoms with E-state index in [9.17, 15) is 43.2 Å². The van der Waals surface area contributed by atoms with Gasteiger partial charge < -0.3 is 33.8 Å². The fraction of sp³-hybridized carbons (Fsp3) is 0.687. The lowest BCUT2D eigenvalue weighted by molar-refractivity contribution is -0.161. The van der Waals surface area contributed by atoms with Crippen LogP contribution < -0.4 is 0 Å². The van der Waals surface area contributed by atoms with E-state index in [0.29, 0.717) is 38.5 Å². The number of rotatable bonds is 73.